The molecule has 3 aromatic heterocycles. The molecule has 0 fully saturated rings. The molecule has 106 valence electrons. The first kappa shape index (κ1) is 12.5. The van der Waals surface area contributed by atoms with Crippen LogP contribution < -0.4 is 5.56 Å². The molecule has 0 unspecified atom stereocenters. The van der Waals surface area contributed by atoms with E-state index in [9.17, 15) is 4.79 Å². The van der Waals surface area contributed by atoms with Gasteiger partial charge in [0.1, 0.15) is 5.69 Å². The van der Waals surface area contributed by atoms with Crippen LogP contribution in [0.15, 0.2) is 64.0 Å². The first-order valence-corrected chi connectivity index (χ1v) is 6.68. The topological polar surface area (TPSA) is 84.7 Å². The molecule has 3 heterocycles. The average Bonchev–Trinajstić information content (AvgIpc) is 3.05. The number of para-hydroxylation sites is 1. The SMILES string of the molecule is O=c1ccc(-c2noc(-c3ccc4ccccc4n3)n2)c[nH]1. The van der Waals surface area contributed by atoms with Gasteiger partial charge in [-0.3, -0.25) is 4.79 Å². The highest BCUT2D eigenvalue weighted by molar-refractivity contribution is 5.80. The highest BCUT2D eigenvalue weighted by Crippen LogP contribution is 2.22. The van der Waals surface area contributed by atoms with Gasteiger partial charge in [-0.25, -0.2) is 4.98 Å². The molecular weight excluding hydrogens is 280 g/mol. The number of pyridine rings is 2. The molecule has 0 saturated heterocycles. The van der Waals surface area contributed by atoms with Crippen molar-refractivity contribution in [2.75, 3.05) is 0 Å². The van der Waals surface area contributed by atoms with Crippen molar-refractivity contribution in [3.8, 4) is 23.0 Å². The zero-order valence-corrected chi connectivity index (χ0v) is 11.4. The number of nitrogens with zero attached hydrogens (tertiary/aromatic N) is 3. The molecule has 6 heteroatoms. The molecule has 22 heavy (non-hydrogen) atoms. The van der Waals surface area contributed by atoms with E-state index in [0.717, 1.165) is 10.9 Å². The lowest BCUT2D eigenvalue weighted by Gasteiger charge is -1.98. The van der Waals surface area contributed by atoms with E-state index in [4.69, 9.17) is 4.52 Å². The molecule has 0 amide bonds. The Morgan fingerprint density at radius 3 is 2.73 bits per heavy atom. The van der Waals surface area contributed by atoms with Crippen LogP contribution in [0.2, 0.25) is 0 Å². The van der Waals surface area contributed by atoms with Gasteiger partial charge in [-0.1, -0.05) is 29.4 Å². The Bertz CT molecular complexity index is 999. The number of nitrogens with one attached hydrogen (secondary N) is 1. The Balaban J connectivity index is 1.76. The summed E-state index contributed by atoms with van der Waals surface area (Å²) in [5, 5.41) is 4.97. The van der Waals surface area contributed by atoms with Gasteiger partial charge in [0.2, 0.25) is 11.4 Å². The summed E-state index contributed by atoms with van der Waals surface area (Å²) < 4.78 is 5.27. The molecule has 0 aliphatic heterocycles. The van der Waals surface area contributed by atoms with Crippen LogP contribution in [-0.2, 0) is 0 Å². The van der Waals surface area contributed by atoms with Crippen LogP contribution in [0, 0.1) is 0 Å². The largest absolute Gasteiger partial charge is 0.332 e. The molecule has 6 nitrogen and oxygen atoms in total. The Labute approximate surface area is 124 Å². The molecule has 0 bridgehead atoms. The fourth-order valence-corrected chi connectivity index (χ4v) is 2.18. The third kappa shape index (κ3) is 2.16. The van der Waals surface area contributed by atoms with Crippen molar-refractivity contribution in [2.24, 2.45) is 0 Å². The van der Waals surface area contributed by atoms with Gasteiger partial charge in [0, 0.05) is 23.2 Å². The average molecular weight is 290 g/mol. The van der Waals surface area contributed by atoms with Crippen molar-refractivity contribution < 1.29 is 4.52 Å². The summed E-state index contributed by atoms with van der Waals surface area (Å²) in [6.45, 7) is 0. The van der Waals surface area contributed by atoms with Crippen molar-refractivity contribution in [3.05, 3.63) is 65.1 Å². The third-order valence-electron chi connectivity index (χ3n) is 3.29. The second kappa shape index (κ2) is 4.92. The van der Waals surface area contributed by atoms with Crippen LogP contribution in [-0.4, -0.2) is 20.1 Å². The first-order valence-electron chi connectivity index (χ1n) is 6.68. The van der Waals surface area contributed by atoms with Crippen molar-refractivity contribution in [1.29, 1.82) is 0 Å². The maximum atomic E-state index is 11.1. The summed E-state index contributed by atoms with van der Waals surface area (Å²) in [6.07, 6.45) is 1.55. The molecule has 0 atom stereocenters. The van der Waals surface area contributed by atoms with Crippen LogP contribution in [0.1, 0.15) is 0 Å². The van der Waals surface area contributed by atoms with Gasteiger partial charge in [0.05, 0.1) is 5.52 Å². The number of aromatic nitrogens is 4. The predicted octanol–water partition coefficient (Wildman–Crippen LogP) is 2.64. The van der Waals surface area contributed by atoms with Gasteiger partial charge in [-0.2, -0.15) is 4.98 Å². The van der Waals surface area contributed by atoms with Gasteiger partial charge in [-0.05, 0) is 18.2 Å². The zero-order chi connectivity index (χ0) is 14.9. The van der Waals surface area contributed by atoms with Crippen molar-refractivity contribution in [3.63, 3.8) is 0 Å². The third-order valence-corrected chi connectivity index (χ3v) is 3.29. The molecule has 4 aromatic rings. The number of aromatic amines is 1. The standard InChI is InChI=1S/C16H10N4O2/c21-14-8-6-11(9-17-14)15-19-16(22-20-15)13-7-5-10-3-1-2-4-12(10)18-13/h1-9H,(H,17,21). The van der Waals surface area contributed by atoms with E-state index in [2.05, 4.69) is 20.1 Å². The number of hydrogen-bond acceptors (Lipinski definition) is 5. The van der Waals surface area contributed by atoms with Crippen LogP contribution in [0.4, 0.5) is 0 Å². The monoisotopic (exact) mass is 290 g/mol. The highest BCUT2D eigenvalue weighted by Gasteiger charge is 2.12. The van der Waals surface area contributed by atoms with Crippen LogP contribution in [0.5, 0.6) is 0 Å². The number of rotatable bonds is 2. The molecule has 0 aliphatic carbocycles. The molecule has 0 radical (unpaired) electrons. The van der Waals surface area contributed by atoms with Crippen LogP contribution in [0.3, 0.4) is 0 Å². The van der Waals surface area contributed by atoms with E-state index in [-0.39, 0.29) is 5.56 Å². The van der Waals surface area contributed by atoms with Crippen molar-refractivity contribution in [1.82, 2.24) is 20.1 Å². The second-order valence-electron chi connectivity index (χ2n) is 4.75. The van der Waals surface area contributed by atoms with Crippen molar-refractivity contribution in [2.45, 2.75) is 0 Å². The number of fused-ring (bicyclic) bond motifs is 1. The van der Waals surface area contributed by atoms with E-state index in [1.807, 2.05) is 36.4 Å². The van der Waals surface area contributed by atoms with Gasteiger partial charge in [-0.15, -0.1) is 0 Å². The fraction of sp³-hybridized carbons (Fsp3) is 0. The van der Waals surface area contributed by atoms with Gasteiger partial charge in [0.15, 0.2) is 0 Å². The number of H-pyrrole nitrogens is 1. The molecule has 1 N–H and O–H groups in total. The maximum Gasteiger partial charge on any atom is 0.276 e. The van der Waals surface area contributed by atoms with Gasteiger partial charge >= 0.3 is 0 Å². The Kier molecular flexibility index (Phi) is 2.79. The summed E-state index contributed by atoms with van der Waals surface area (Å²) in [6, 6.07) is 14.7. The summed E-state index contributed by atoms with van der Waals surface area (Å²) in [4.78, 5) is 22.5. The minimum atomic E-state index is -0.177. The predicted molar refractivity (Wildman–Crippen MR) is 81.1 cm³/mol. The molecule has 0 aliphatic rings. The maximum absolute atomic E-state index is 11.1. The lowest BCUT2D eigenvalue weighted by molar-refractivity contribution is 0.431. The number of hydrogen-bond donors (Lipinski definition) is 1. The second-order valence-corrected chi connectivity index (χ2v) is 4.75. The number of benzene rings is 1. The molecular formula is C16H10N4O2. The lowest BCUT2D eigenvalue weighted by Crippen LogP contribution is -2.01. The zero-order valence-electron chi connectivity index (χ0n) is 11.4. The van der Waals surface area contributed by atoms with E-state index >= 15 is 0 Å². The molecule has 0 spiro atoms. The molecule has 1 aromatic carbocycles. The quantitative estimate of drug-likeness (QED) is 0.613. The molecule has 0 saturated carbocycles. The summed E-state index contributed by atoms with van der Waals surface area (Å²) >= 11 is 0. The van der Waals surface area contributed by atoms with E-state index in [1.54, 1.807) is 12.3 Å². The summed E-state index contributed by atoms with van der Waals surface area (Å²) in [5.74, 6) is 0.744. The smallest absolute Gasteiger partial charge is 0.276 e. The van der Waals surface area contributed by atoms with E-state index in [1.165, 1.54) is 6.07 Å². The first-order chi connectivity index (χ1) is 10.8. The van der Waals surface area contributed by atoms with Crippen LogP contribution >= 0.6 is 0 Å². The van der Waals surface area contributed by atoms with E-state index in [0.29, 0.717) is 23.0 Å². The van der Waals surface area contributed by atoms with Crippen molar-refractivity contribution >= 4 is 10.9 Å². The van der Waals surface area contributed by atoms with Gasteiger partial charge in [0.25, 0.3) is 5.89 Å². The van der Waals surface area contributed by atoms with E-state index < -0.39 is 0 Å². The minimum Gasteiger partial charge on any atom is -0.332 e. The van der Waals surface area contributed by atoms with Gasteiger partial charge < -0.3 is 9.51 Å². The normalized spacial score (nSPS) is 10.9. The summed E-state index contributed by atoms with van der Waals surface area (Å²) in [7, 11) is 0. The Morgan fingerprint density at radius 1 is 0.955 bits per heavy atom. The molecule has 4 rings (SSSR count). The highest BCUT2D eigenvalue weighted by atomic mass is 16.5. The summed E-state index contributed by atoms with van der Waals surface area (Å²) in [5.41, 5.74) is 1.98. The Morgan fingerprint density at radius 2 is 1.86 bits per heavy atom. The minimum absolute atomic E-state index is 0.177. The van der Waals surface area contributed by atoms with Crippen LogP contribution in [0.25, 0.3) is 33.9 Å². The Hall–Kier alpha value is -3.28. The fourth-order valence-electron chi connectivity index (χ4n) is 2.18. The lowest BCUT2D eigenvalue weighted by atomic mass is 10.2.